The zero-order chi connectivity index (χ0) is 16.9. The highest BCUT2D eigenvalue weighted by molar-refractivity contribution is 7.89. The average molecular weight is 340 g/mol. The lowest BCUT2D eigenvalue weighted by molar-refractivity contribution is -0.120. The Balaban J connectivity index is 2.00. The van der Waals surface area contributed by atoms with E-state index in [4.69, 9.17) is 5.11 Å². The lowest BCUT2D eigenvalue weighted by Crippen LogP contribution is -2.35. The first-order valence-electron chi connectivity index (χ1n) is 7.93. The largest absolute Gasteiger partial charge is 0.392 e. The molecule has 1 saturated heterocycles. The summed E-state index contributed by atoms with van der Waals surface area (Å²) < 4.78 is 26.6. The van der Waals surface area contributed by atoms with Crippen LogP contribution in [0.4, 0.5) is 0 Å². The van der Waals surface area contributed by atoms with Crippen LogP contribution in [0.3, 0.4) is 0 Å². The molecule has 0 radical (unpaired) electrons. The maximum Gasteiger partial charge on any atom is 0.243 e. The van der Waals surface area contributed by atoms with Crippen LogP contribution in [0.25, 0.3) is 0 Å². The number of nitrogens with zero attached hydrogens (tertiary/aromatic N) is 1. The minimum Gasteiger partial charge on any atom is -0.392 e. The topological polar surface area (TPSA) is 86.7 Å². The fourth-order valence-corrected chi connectivity index (χ4v) is 4.06. The maximum absolute atomic E-state index is 12.5. The standard InChI is InChI=1S/C16H24N2O4S/c1-13(19)12-17-16(20)11-14-5-7-15(8-6-14)23(21,22)18-9-3-2-4-10-18/h5-8,13,19H,2-4,9-12H2,1H3,(H,17,20). The summed E-state index contributed by atoms with van der Waals surface area (Å²) in [4.78, 5) is 12.0. The first-order valence-corrected chi connectivity index (χ1v) is 9.37. The van der Waals surface area contributed by atoms with Crippen LogP contribution in [0.15, 0.2) is 29.2 Å². The van der Waals surface area contributed by atoms with Gasteiger partial charge in [0.2, 0.25) is 15.9 Å². The predicted molar refractivity (Wildman–Crippen MR) is 87.4 cm³/mol. The molecule has 0 aromatic heterocycles. The third-order valence-electron chi connectivity index (χ3n) is 3.84. The second-order valence-electron chi connectivity index (χ2n) is 5.94. The van der Waals surface area contributed by atoms with Crippen molar-refractivity contribution in [1.29, 1.82) is 0 Å². The van der Waals surface area contributed by atoms with Crippen LogP contribution >= 0.6 is 0 Å². The molecule has 7 heteroatoms. The highest BCUT2D eigenvalue weighted by Crippen LogP contribution is 2.20. The van der Waals surface area contributed by atoms with Gasteiger partial charge >= 0.3 is 0 Å². The molecule has 1 aromatic rings. The lowest BCUT2D eigenvalue weighted by Gasteiger charge is -2.25. The molecule has 1 aliphatic heterocycles. The smallest absolute Gasteiger partial charge is 0.243 e. The molecule has 1 unspecified atom stereocenters. The molecule has 1 aromatic carbocycles. The molecule has 1 heterocycles. The van der Waals surface area contributed by atoms with E-state index < -0.39 is 16.1 Å². The van der Waals surface area contributed by atoms with Gasteiger partial charge < -0.3 is 10.4 Å². The second kappa shape index (κ2) is 7.90. The molecule has 23 heavy (non-hydrogen) atoms. The number of aliphatic hydroxyl groups is 1. The van der Waals surface area contributed by atoms with E-state index in [0.717, 1.165) is 24.8 Å². The number of hydrogen-bond acceptors (Lipinski definition) is 4. The van der Waals surface area contributed by atoms with Gasteiger partial charge in [0.05, 0.1) is 17.4 Å². The van der Waals surface area contributed by atoms with Crippen LogP contribution in [-0.2, 0) is 21.2 Å². The van der Waals surface area contributed by atoms with Crippen molar-refractivity contribution in [3.05, 3.63) is 29.8 Å². The van der Waals surface area contributed by atoms with Gasteiger partial charge in [0.1, 0.15) is 0 Å². The predicted octanol–water partition coefficient (Wildman–Crippen LogP) is 0.901. The van der Waals surface area contributed by atoms with Crippen molar-refractivity contribution < 1.29 is 18.3 Å². The average Bonchev–Trinajstić information content (AvgIpc) is 2.54. The summed E-state index contributed by atoms with van der Waals surface area (Å²) in [5.74, 6) is -0.197. The number of carbonyl (C=O) groups is 1. The Kier molecular flexibility index (Phi) is 6.15. The molecule has 1 amide bonds. The summed E-state index contributed by atoms with van der Waals surface area (Å²) in [5, 5.41) is 11.7. The van der Waals surface area contributed by atoms with Gasteiger partial charge in [-0.25, -0.2) is 8.42 Å². The molecule has 0 bridgehead atoms. The first kappa shape index (κ1) is 17.9. The van der Waals surface area contributed by atoms with Crippen molar-refractivity contribution in [1.82, 2.24) is 9.62 Å². The van der Waals surface area contributed by atoms with Crippen LogP contribution in [0.2, 0.25) is 0 Å². The molecule has 0 spiro atoms. The molecule has 2 N–H and O–H groups in total. The number of rotatable bonds is 6. The van der Waals surface area contributed by atoms with Gasteiger partial charge in [-0.3, -0.25) is 4.79 Å². The number of sulfonamides is 1. The molecule has 2 rings (SSSR count). The Morgan fingerprint density at radius 2 is 1.83 bits per heavy atom. The number of benzene rings is 1. The van der Waals surface area contributed by atoms with Crippen molar-refractivity contribution >= 4 is 15.9 Å². The second-order valence-corrected chi connectivity index (χ2v) is 7.88. The molecule has 0 saturated carbocycles. The van der Waals surface area contributed by atoms with Crippen LogP contribution in [0, 0.1) is 0 Å². The summed E-state index contributed by atoms with van der Waals surface area (Å²) in [6.07, 6.45) is 2.46. The van der Waals surface area contributed by atoms with E-state index in [-0.39, 0.29) is 23.8 Å². The Labute approximate surface area is 137 Å². The van der Waals surface area contributed by atoms with Crippen molar-refractivity contribution in [2.75, 3.05) is 19.6 Å². The zero-order valence-electron chi connectivity index (χ0n) is 13.4. The van der Waals surface area contributed by atoms with Gasteiger partial charge in [-0.05, 0) is 37.5 Å². The quantitative estimate of drug-likeness (QED) is 0.805. The monoisotopic (exact) mass is 340 g/mol. The number of amides is 1. The summed E-state index contributed by atoms with van der Waals surface area (Å²) in [6, 6.07) is 6.44. The number of aliphatic hydroxyl groups excluding tert-OH is 1. The maximum atomic E-state index is 12.5. The number of piperidine rings is 1. The van der Waals surface area contributed by atoms with Gasteiger partial charge in [-0.15, -0.1) is 0 Å². The molecular weight excluding hydrogens is 316 g/mol. The Bertz CT molecular complexity index is 620. The third kappa shape index (κ3) is 5.02. The molecule has 1 atom stereocenters. The summed E-state index contributed by atoms with van der Waals surface area (Å²) in [7, 11) is -3.43. The zero-order valence-corrected chi connectivity index (χ0v) is 14.2. The summed E-state index contributed by atoms with van der Waals surface area (Å²) >= 11 is 0. The van der Waals surface area contributed by atoms with Gasteiger partial charge in [0, 0.05) is 19.6 Å². The fraction of sp³-hybridized carbons (Fsp3) is 0.562. The van der Waals surface area contributed by atoms with E-state index in [1.54, 1.807) is 31.2 Å². The van der Waals surface area contributed by atoms with E-state index in [0.29, 0.717) is 13.1 Å². The van der Waals surface area contributed by atoms with Crippen LogP contribution in [0.1, 0.15) is 31.7 Å². The number of hydrogen-bond donors (Lipinski definition) is 2. The summed E-state index contributed by atoms with van der Waals surface area (Å²) in [5.41, 5.74) is 0.741. The Morgan fingerprint density at radius 3 is 2.39 bits per heavy atom. The lowest BCUT2D eigenvalue weighted by atomic mass is 10.1. The Morgan fingerprint density at radius 1 is 1.22 bits per heavy atom. The van der Waals surface area contributed by atoms with Crippen molar-refractivity contribution in [2.24, 2.45) is 0 Å². The molecule has 1 fully saturated rings. The molecular formula is C16H24N2O4S. The van der Waals surface area contributed by atoms with Crippen molar-refractivity contribution in [3.63, 3.8) is 0 Å². The van der Waals surface area contributed by atoms with Gasteiger partial charge in [0.25, 0.3) is 0 Å². The molecule has 0 aliphatic carbocycles. The van der Waals surface area contributed by atoms with E-state index in [1.165, 1.54) is 4.31 Å². The fourth-order valence-electron chi connectivity index (χ4n) is 2.54. The van der Waals surface area contributed by atoms with Gasteiger partial charge in [0.15, 0.2) is 0 Å². The minimum atomic E-state index is -3.43. The first-order chi connectivity index (χ1) is 10.9. The van der Waals surface area contributed by atoms with Crippen LogP contribution in [-0.4, -0.2) is 49.5 Å². The van der Waals surface area contributed by atoms with Crippen LogP contribution < -0.4 is 5.32 Å². The van der Waals surface area contributed by atoms with Crippen LogP contribution in [0.5, 0.6) is 0 Å². The van der Waals surface area contributed by atoms with E-state index in [9.17, 15) is 13.2 Å². The van der Waals surface area contributed by atoms with E-state index >= 15 is 0 Å². The minimum absolute atomic E-state index is 0.163. The normalized spacial score (nSPS) is 17.7. The third-order valence-corrected chi connectivity index (χ3v) is 5.75. The Hall–Kier alpha value is -1.44. The van der Waals surface area contributed by atoms with Crippen molar-refractivity contribution in [2.45, 2.75) is 43.6 Å². The van der Waals surface area contributed by atoms with Gasteiger partial charge in [-0.2, -0.15) is 4.31 Å². The highest BCUT2D eigenvalue weighted by atomic mass is 32.2. The SMILES string of the molecule is CC(O)CNC(=O)Cc1ccc(S(=O)(=O)N2CCCCC2)cc1. The molecule has 128 valence electrons. The van der Waals surface area contributed by atoms with E-state index in [2.05, 4.69) is 5.32 Å². The van der Waals surface area contributed by atoms with Crippen molar-refractivity contribution in [3.8, 4) is 0 Å². The highest BCUT2D eigenvalue weighted by Gasteiger charge is 2.25. The summed E-state index contributed by atoms with van der Waals surface area (Å²) in [6.45, 7) is 2.96. The number of carbonyl (C=O) groups excluding carboxylic acids is 1. The molecule has 6 nitrogen and oxygen atoms in total. The number of nitrogens with one attached hydrogen (secondary N) is 1. The molecule has 1 aliphatic rings. The van der Waals surface area contributed by atoms with E-state index in [1.807, 2.05) is 0 Å². The van der Waals surface area contributed by atoms with Gasteiger partial charge in [-0.1, -0.05) is 18.6 Å².